The molecule has 2 atom stereocenters. The molecule has 21 heavy (non-hydrogen) atoms. The van der Waals surface area contributed by atoms with Gasteiger partial charge in [0.05, 0.1) is 11.1 Å². The Bertz CT molecular complexity index is 647. The van der Waals surface area contributed by atoms with Crippen LogP contribution in [0.5, 0.6) is 11.5 Å². The monoisotopic (exact) mass is 308 g/mol. The third-order valence-electron chi connectivity index (χ3n) is 3.39. The van der Waals surface area contributed by atoms with Crippen LogP contribution in [0.25, 0.3) is 0 Å². The Morgan fingerprint density at radius 2 is 2.00 bits per heavy atom. The van der Waals surface area contributed by atoms with E-state index in [1.165, 1.54) is 12.1 Å². The van der Waals surface area contributed by atoms with E-state index in [0.29, 0.717) is 17.1 Å². The Balaban J connectivity index is 1.69. The highest BCUT2D eigenvalue weighted by Crippen LogP contribution is 2.32. The fourth-order valence-corrected chi connectivity index (χ4v) is 2.38. The van der Waals surface area contributed by atoms with Crippen molar-refractivity contribution in [2.24, 2.45) is 0 Å². The molecule has 3 rings (SSSR count). The first-order valence-electron chi connectivity index (χ1n) is 6.64. The van der Waals surface area contributed by atoms with Crippen molar-refractivity contribution < 1.29 is 19.0 Å². The Morgan fingerprint density at radius 1 is 1.24 bits per heavy atom. The number of rotatable bonds is 3. The van der Waals surface area contributed by atoms with Crippen molar-refractivity contribution in [1.82, 2.24) is 0 Å². The number of hydrogen-bond acceptors (Lipinski definition) is 3. The van der Waals surface area contributed by atoms with E-state index in [4.69, 9.17) is 21.1 Å². The molecule has 0 aromatic heterocycles. The first kappa shape index (κ1) is 14.2. The maximum absolute atomic E-state index is 13.4. The number of hydrogen-bond donors (Lipinski definition) is 1. The Labute approximate surface area is 126 Å². The van der Waals surface area contributed by atoms with Gasteiger partial charge in [0.2, 0.25) is 0 Å². The summed E-state index contributed by atoms with van der Waals surface area (Å²) in [5.41, 5.74) is 0.659. The summed E-state index contributed by atoms with van der Waals surface area (Å²) in [4.78, 5) is 0. The molecule has 2 aromatic rings. The van der Waals surface area contributed by atoms with Crippen LogP contribution in [0.15, 0.2) is 42.5 Å². The molecule has 1 heterocycles. The van der Waals surface area contributed by atoms with Gasteiger partial charge in [0.1, 0.15) is 12.4 Å². The summed E-state index contributed by atoms with van der Waals surface area (Å²) in [5, 5.41) is 10.3. The lowest BCUT2D eigenvalue weighted by Crippen LogP contribution is -2.40. The Kier molecular flexibility index (Phi) is 3.99. The van der Waals surface area contributed by atoms with Crippen LogP contribution in [0, 0.1) is 5.82 Å². The highest BCUT2D eigenvalue weighted by Gasteiger charge is 2.27. The van der Waals surface area contributed by atoms with E-state index in [-0.39, 0.29) is 18.1 Å². The normalized spacial score (nSPS) is 18.3. The molecule has 1 aliphatic heterocycles. The van der Waals surface area contributed by atoms with Gasteiger partial charge in [0.25, 0.3) is 0 Å². The van der Waals surface area contributed by atoms with Gasteiger partial charge in [-0.3, -0.25) is 0 Å². The number of aliphatic hydroxyl groups is 1. The Hall–Kier alpha value is -1.78. The molecule has 5 heteroatoms. The lowest BCUT2D eigenvalue weighted by Gasteiger charge is -2.29. The zero-order chi connectivity index (χ0) is 14.8. The van der Waals surface area contributed by atoms with Crippen molar-refractivity contribution in [2.75, 3.05) is 6.61 Å². The molecule has 0 saturated heterocycles. The highest BCUT2D eigenvalue weighted by atomic mass is 35.5. The number of aliphatic hydroxyl groups excluding tert-OH is 1. The molecule has 3 nitrogen and oxygen atoms in total. The van der Waals surface area contributed by atoms with E-state index in [9.17, 15) is 9.50 Å². The van der Waals surface area contributed by atoms with Crippen molar-refractivity contribution in [1.29, 1.82) is 0 Å². The average molecular weight is 309 g/mol. The van der Waals surface area contributed by atoms with Crippen LogP contribution in [0.4, 0.5) is 4.39 Å². The van der Waals surface area contributed by atoms with Gasteiger partial charge in [0.15, 0.2) is 17.6 Å². The number of ether oxygens (including phenoxy) is 2. The van der Waals surface area contributed by atoms with Gasteiger partial charge in [-0.25, -0.2) is 4.39 Å². The smallest absolute Gasteiger partial charge is 0.161 e. The number of benzene rings is 2. The van der Waals surface area contributed by atoms with Gasteiger partial charge in [-0.2, -0.15) is 0 Å². The van der Waals surface area contributed by atoms with Crippen molar-refractivity contribution in [2.45, 2.75) is 18.6 Å². The molecule has 1 N–H and O–H groups in total. The molecule has 0 bridgehead atoms. The molecule has 2 aromatic carbocycles. The van der Waals surface area contributed by atoms with Crippen LogP contribution in [0.2, 0.25) is 5.02 Å². The topological polar surface area (TPSA) is 38.7 Å². The van der Waals surface area contributed by atoms with Gasteiger partial charge in [-0.05, 0) is 29.8 Å². The molecule has 1 aliphatic rings. The van der Waals surface area contributed by atoms with Crippen molar-refractivity contribution >= 4 is 11.6 Å². The first-order valence-corrected chi connectivity index (χ1v) is 7.02. The lowest BCUT2D eigenvalue weighted by atomic mass is 10.0. The van der Waals surface area contributed by atoms with E-state index >= 15 is 0 Å². The molecule has 0 radical (unpaired) electrons. The SMILES string of the molecule is OC(Cc1ccc(Cl)c(F)c1)C1COc2ccccc2O1. The fraction of sp³-hybridized carbons (Fsp3) is 0.250. The highest BCUT2D eigenvalue weighted by molar-refractivity contribution is 6.30. The second kappa shape index (κ2) is 5.92. The summed E-state index contributed by atoms with van der Waals surface area (Å²) < 4.78 is 24.7. The largest absolute Gasteiger partial charge is 0.486 e. The quantitative estimate of drug-likeness (QED) is 0.946. The van der Waals surface area contributed by atoms with Gasteiger partial charge in [-0.15, -0.1) is 0 Å². The molecular formula is C16H14ClFO3. The minimum absolute atomic E-state index is 0.0689. The molecule has 0 saturated carbocycles. The molecule has 2 unspecified atom stereocenters. The standard InChI is InChI=1S/C16H14ClFO3/c17-11-6-5-10(7-12(11)18)8-13(19)16-9-20-14-3-1-2-4-15(14)21-16/h1-7,13,16,19H,8-9H2. The van der Waals surface area contributed by atoms with E-state index in [2.05, 4.69) is 0 Å². The molecule has 0 aliphatic carbocycles. The zero-order valence-corrected chi connectivity index (χ0v) is 11.9. The summed E-state index contributed by atoms with van der Waals surface area (Å²) in [5.74, 6) is 0.779. The minimum atomic E-state index is -0.793. The van der Waals surface area contributed by atoms with E-state index < -0.39 is 18.0 Å². The molecule has 0 amide bonds. The maximum atomic E-state index is 13.4. The van der Waals surface area contributed by atoms with Crippen LogP contribution in [0.3, 0.4) is 0 Å². The van der Waals surface area contributed by atoms with Crippen LogP contribution in [-0.2, 0) is 6.42 Å². The second-order valence-electron chi connectivity index (χ2n) is 4.93. The van der Waals surface area contributed by atoms with E-state index in [1.54, 1.807) is 12.1 Å². The summed E-state index contributed by atoms with van der Waals surface area (Å²) in [7, 11) is 0. The third kappa shape index (κ3) is 3.12. The van der Waals surface area contributed by atoms with Crippen LogP contribution in [-0.4, -0.2) is 23.9 Å². The van der Waals surface area contributed by atoms with E-state index in [0.717, 1.165) is 0 Å². The summed E-state index contributed by atoms with van der Waals surface area (Å²) in [6.07, 6.45) is -1.01. The predicted molar refractivity (Wildman–Crippen MR) is 77.5 cm³/mol. The maximum Gasteiger partial charge on any atom is 0.161 e. The van der Waals surface area contributed by atoms with Gasteiger partial charge in [0, 0.05) is 6.42 Å². The van der Waals surface area contributed by atoms with Crippen LogP contribution in [0.1, 0.15) is 5.56 Å². The summed E-state index contributed by atoms with van der Waals surface area (Å²) in [6, 6.07) is 11.8. The molecular weight excluding hydrogens is 295 g/mol. The molecule has 0 spiro atoms. The molecule has 110 valence electrons. The van der Waals surface area contributed by atoms with Gasteiger partial charge < -0.3 is 14.6 Å². The third-order valence-corrected chi connectivity index (χ3v) is 3.70. The first-order chi connectivity index (χ1) is 10.1. The van der Waals surface area contributed by atoms with Crippen molar-refractivity contribution in [3.05, 3.63) is 58.9 Å². The minimum Gasteiger partial charge on any atom is -0.486 e. The van der Waals surface area contributed by atoms with Gasteiger partial charge in [-0.1, -0.05) is 29.8 Å². The summed E-state index contributed by atoms with van der Waals surface area (Å²) >= 11 is 5.64. The number of fused-ring (bicyclic) bond motifs is 1. The predicted octanol–water partition coefficient (Wildman–Crippen LogP) is 3.22. The van der Waals surface area contributed by atoms with Crippen molar-refractivity contribution in [3.8, 4) is 11.5 Å². The van der Waals surface area contributed by atoms with Crippen molar-refractivity contribution in [3.63, 3.8) is 0 Å². The summed E-state index contributed by atoms with van der Waals surface area (Å²) in [6.45, 7) is 0.258. The fourth-order valence-electron chi connectivity index (χ4n) is 2.26. The Morgan fingerprint density at radius 3 is 2.76 bits per heavy atom. The second-order valence-corrected chi connectivity index (χ2v) is 5.34. The van der Waals surface area contributed by atoms with E-state index in [1.807, 2.05) is 18.2 Å². The lowest BCUT2D eigenvalue weighted by molar-refractivity contribution is -0.00943. The number of halogens is 2. The van der Waals surface area contributed by atoms with Gasteiger partial charge >= 0.3 is 0 Å². The number of para-hydroxylation sites is 2. The molecule has 0 fully saturated rings. The zero-order valence-electron chi connectivity index (χ0n) is 11.1. The average Bonchev–Trinajstić information content (AvgIpc) is 2.50. The van der Waals surface area contributed by atoms with Crippen LogP contribution >= 0.6 is 11.6 Å². The van der Waals surface area contributed by atoms with Crippen LogP contribution < -0.4 is 9.47 Å².